The Morgan fingerprint density at radius 1 is 1.25 bits per heavy atom. The maximum absolute atomic E-state index is 11.0. The highest BCUT2D eigenvalue weighted by Crippen LogP contribution is 2.05. The van der Waals surface area contributed by atoms with Gasteiger partial charge in [0.1, 0.15) is 6.54 Å². The number of imide groups is 1. The number of nitrogens with one attached hydrogen (secondary N) is 1. The van der Waals surface area contributed by atoms with Crippen molar-refractivity contribution < 1.29 is 28.7 Å². The second-order valence-electron chi connectivity index (χ2n) is 2.53. The molecule has 1 heterocycles. The molecule has 16 heavy (non-hydrogen) atoms. The standard InChI is InChI=1S/C6H10N2O4.C2H2O2/c1-11-6(12-2)8-3-4(9)7-5(8)10;3-1-2-4/h6H,3H2,1-2H3,(H,7,9,10);1-2H. The van der Waals surface area contributed by atoms with Gasteiger partial charge in [0.25, 0.3) is 0 Å². The van der Waals surface area contributed by atoms with E-state index in [0.717, 1.165) is 4.90 Å². The molecule has 0 spiro atoms. The normalized spacial score (nSPS) is 14.3. The van der Waals surface area contributed by atoms with Gasteiger partial charge in [-0.3, -0.25) is 24.6 Å². The van der Waals surface area contributed by atoms with E-state index in [2.05, 4.69) is 5.32 Å². The first-order valence-electron chi connectivity index (χ1n) is 4.15. The van der Waals surface area contributed by atoms with Crippen molar-refractivity contribution in [3.05, 3.63) is 0 Å². The molecule has 0 aromatic rings. The molecule has 1 rings (SSSR count). The quantitative estimate of drug-likeness (QED) is 0.274. The number of urea groups is 1. The molecule has 1 aliphatic heterocycles. The number of hydrogen-bond donors (Lipinski definition) is 1. The first kappa shape index (κ1) is 14.2. The smallest absolute Gasteiger partial charge is 0.328 e. The molecule has 0 unspecified atom stereocenters. The summed E-state index contributed by atoms with van der Waals surface area (Å²) in [5.74, 6) is -0.348. The van der Waals surface area contributed by atoms with E-state index in [9.17, 15) is 9.59 Å². The van der Waals surface area contributed by atoms with E-state index >= 15 is 0 Å². The van der Waals surface area contributed by atoms with Crippen molar-refractivity contribution in [3.63, 3.8) is 0 Å². The van der Waals surface area contributed by atoms with Gasteiger partial charge < -0.3 is 9.47 Å². The molecule has 0 bridgehead atoms. The van der Waals surface area contributed by atoms with Gasteiger partial charge in [-0.25, -0.2) is 4.79 Å². The van der Waals surface area contributed by atoms with Gasteiger partial charge in [0.05, 0.1) is 0 Å². The number of ether oxygens (including phenoxy) is 2. The Balaban J connectivity index is 0.000000487. The average Bonchev–Trinajstić information content (AvgIpc) is 2.60. The second kappa shape index (κ2) is 7.49. The van der Waals surface area contributed by atoms with Crippen LogP contribution < -0.4 is 5.32 Å². The molecular weight excluding hydrogens is 220 g/mol. The van der Waals surface area contributed by atoms with Crippen LogP contribution >= 0.6 is 0 Å². The molecule has 0 aliphatic carbocycles. The predicted molar refractivity (Wildman–Crippen MR) is 50.2 cm³/mol. The van der Waals surface area contributed by atoms with Crippen molar-refractivity contribution in [2.45, 2.75) is 6.41 Å². The van der Waals surface area contributed by atoms with Gasteiger partial charge in [0, 0.05) is 14.2 Å². The number of amides is 3. The van der Waals surface area contributed by atoms with Crippen LogP contribution in [0.1, 0.15) is 0 Å². The molecule has 1 N–H and O–H groups in total. The van der Waals surface area contributed by atoms with E-state index < -0.39 is 12.4 Å². The van der Waals surface area contributed by atoms with Crippen LogP contribution in [0.2, 0.25) is 0 Å². The molecule has 1 fully saturated rings. The Morgan fingerprint density at radius 2 is 1.75 bits per heavy atom. The molecule has 0 radical (unpaired) electrons. The third-order valence-corrected chi connectivity index (χ3v) is 1.53. The minimum atomic E-state index is -0.795. The summed E-state index contributed by atoms with van der Waals surface area (Å²) in [6.07, 6.45) is -0.406. The summed E-state index contributed by atoms with van der Waals surface area (Å²) in [5, 5.41) is 2.10. The van der Waals surface area contributed by atoms with E-state index in [4.69, 9.17) is 19.1 Å². The number of rotatable bonds is 4. The summed E-state index contributed by atoms with van der Waals surface area (Å²) < 4.78 is 9.59. The minimum absolute atomic E-state index is 0.0226. The Bertz CT molecular complexity index is 270. The van der Waals surface area contributed by atoms with Gasteiger partial charge in [-0.15, -0.1) is 0 Å². The summed E-state index contributed by atoms with van der Waals surface area (Å²) in [6, 6.07) is -0.492. The van der Waals surface area contributed by atoms with Crippen molar-refractivity contribution in [2.24, 2.45) is 0 Å². The molecule has 0 atom stereocenters. The van der Waals surface area contributed by atoms with Gasteiger partial charge in [0.2, 0.25) is 12.3 Å². The van der Waals surface area contributed by atoms with Crippen molar-refractivity contribution in [3.8, 4) is 0 Å². The lowest BCUT2D eigenvalue weighted by molar-refractivity contribution is -0.173. The van der Waals surface area contributed by atoms with E-state index in [1.165, 1.54) is 14.2 Å². The molecule has 1 saturated heterocycles. The Morgan fingerprint density at radius 3 is 2.00 bits per heavy atom. The molecule has 8 nitrogen and oxygen atoms in total. The highest BCUT2D eigenvalue weighted by molar-refractivity contribution is 6.09. The van der Waals surface area contributed by atoms with Crippen LogP contribution in [0.4, 0.5) is 4.79 Å². The largest absolute Gasteiger partial charge is 0.338 e. The lowest BCUT2D eigenvalue weighted by Gasteiger charge is -2.21. The Hall–Kier alpha value is -1.80. The average molecular weight is 232 g/mol. The van der Waals surface area contributed by atoms with Gasteiger partial charge in [-0.2, -0.15) is 0 Å². The molecule has 0 aromatic heterocycles. The third-order valence-electron chi connectivity index (χ3n) is 1.53. The Kier molecular flexibility index (Phi) is 6.64. The van der Waals surface area contributed by atoms with E-state index in [1.807, 2.05) is 0 Å². The van der Waals surface area contributed by atoms with Crippen LogP contribution in [0.5, 0.6) is 0 Å². The number of hydrogen-bond acceptors (Lipinski definition) is 6. The van der Waals surface area contributed by atoms with Crippen LogP contribution in [-0.2, 0) is 23.9 Å². The zero-order chi connectivity index (χ0) is 12.6. The highest BCUT2D eigenvalue weighted by Gasteiger charge is 2.32. The number of nitrogens with zero attached hydrogens (tertiary/aromatic N) is 1. The zero-order valence-corrected chi connectivity index (χ0v) is 8.84. The summed E-state index contributed by atoms with van der Waals surface area (Å²) >= 11 is 0. The lowest BCUT2D eigenvalue weighted by atomic mass is 10.6. The topological polar surface area (TPSA) is 102 Å². The van der Waals surface area contributed by atoms with Gasteiger partial charge in [0.15, 0.2) is 12.6 Å². The number of aldehydes is 2. The third kappa shape index (κ3) is 4.15. The molecular formula is C8H12N2O6. The maximum atomic E-state index is 11.0. The van der Waals surface area contributed by atoms with Crippen molar-refractivity contribution >= 4 is 24.5 Å². The van der Waals surface area contributed by atoms with Crippen LogP contribution in [0, 0.1) is 0 Å². The fourth-order valence-corrected chi connectivity index (χ4v) is 0.978. The number of methoxy groups -OCH3 is 2. The minimum Gasteiger partial charge on any atom is -0.338 e. The molecule has 8 heteroatoms. The second-order valence-corrected chi connectivity index (χ2v) is 2.53. The van der Waals surface area contributed by atoms with E-state index in [1.54, 1.807) is 0 Å². The number of carbonyl (C=O) groups is 4. The van der Waals surface area contributed by atoms with Crippen LogP contribution in [0.25, 0.3) is 0 Å². The van der Waals surface area contributed by atoms with Crippen LogP contribution in [-0.4, -0.2) is 56.6 Å². The SMILES string of the molecule is COC(OC)N1CC(=O)NC1=O.O=CC=O. The van der Waals surface area contributed by atoms with Gasteiger partial charge in [-0.1, -0.05) is 0 Å². The van der Waals surface area contributed by atoms with Crippen LogP contribution in [0.15, 0.2) is 0 Å². The van der Waals surface area contributed by atoms with Gasteiger partial charge >= 0.3 is 6.03 Å². The lowest BCUT2D eigenvalue weighted by Crippen LogP contribution is -2.40. The highest BCUT2D eigenvalue weighted by atomic mass is 16.7. The molecule has 3 amide bonds. The summed E-state index contributed by atoms with van der Waals surface area (Å²) in [7, 11) is 2.79. The van der Waals surface area contributed by atoms with Crippen LogP contribution in [0.3, 0.4) is 0 Å². The molecule has 90 valence electrons. The first-order valence-corrected chi connectivity index (χ1v) is 4.15. The predicted octanol–water partition coefficient (Wildman–Crippen LogP) is -1.50. The molecule has 0 aromatic carbocycles. The zero-order valence-electron chi connectivity index (χ0n) is 8.84. The first-order chi connectivity index (χ1) is 7.60. The summed E-state index contributed by atoms with van der Waals surface area (Å²) in [5.41, 5.74) is 0. The van der Waals surface area contributed by atoms with Crippen molar-refractivity contribution in [1.29, 1.82) is 0 Å². The molecule has 0 saturated carbocycles. The fourth-order valence-electron chi connectivity index (χ4n) is 0.978. The van der Waals surface area contributed by atoms with Crippen molar-refractivity contribution in [1.82, 2.24) is 10.2 Å². The van der Waals surface area contributed by atoms with E-state index in [-0.39, 0.29) is 25.0 Å². The summed E-state index contributed by atoms with van der Waals surface area (Å²) in [6.45, 7) is -0.0226. The Labute approximate surface area is 91.5 Å². The monoisotopic (exact) mass is 232 g/mol. The van der Waals surface area contributed by atoms with E-state index in [0.29, 0.717) is 0 Å². The maximum Gasteiger partial charge on any atom is 0.328 e. The number of carbonyl (C=O) groups excluding carboxylic acids is 4. The van der Waals surface area contributed by atoms with Crippen molar-refractivity contribution in [2.75, 3.05) is 20.8 Å². The van der Waals surface area contributed by atoms with Gasteiger partial charge in [-0.05, 0) is 0 Å². The summed E-state index contributed by atoms with van der Waals surface area (Å²) in [4.78, 5) is 40.5. The molecule has 1 aliphatic rings. The fraction of sp³-hybridized carbons (Fsp3) is 0.500.